The van der Waals surface area contributed by atoms with Gasteiger partial charge in [-0.25, -0.2) is 9.59 Å². The number of anilines is 1. The van der Waals surface area contributed by atoms with E-state index in [1.54, 1.807) is 6.07 Å². The Labute approximate surface area is 212 Å². The molecule has 1 aliphatic rings. The van der Waals surface area contributed by atoms with E-state index >= 15 is 0 Å². The topological polar surface area (TPSA) is 131 Å². The molecule has 1 heterocycles. The number of carbonyl (C=O) groups excluding carboxylic acids is 3. The van der Waals surface area contributed by atoms with E-state index in [1.165, 1.54) is 50.6 Å². The van der Waals surface area contributed by atoms with Crippen molar-refractivity contribution in [1.29, 1.82) is 0 Å². The number of nitrogens with one attached hydrogen (secondary N) is 1. The van der Waals surface area contributed by atoms with Gasteiger partial charge in [0.25, 0.3) is 11.8 Å². The lowest BCUT2D eigenvalue weighted by molar-refractivity contribution is -0.143. The van der Waals surface area contributed by atoms with E-state index in [9.17, 15) is 24.3 Å². The Kier molecular flexibility index (Phi) is 7.83. The molecule has 0 bridgehead atoms. The van der Waals surface area contributed by atoms with Crippen molar-refractivity contribution in [3.05, 3.63) is 56.7 Å². The number of nitrogens with zero attached hydrogens (tertiary/aromatic N) is 1. The van der Waals surface area contributed by atoms with Gasteiger partial charge in [0.05, 0.1) is 29.0 Å². The van der Waals surface area contributed by atoms with Gasteiger partial charge in [0.1, 0.15) is 5.57 Å². The highest BCUT2D eigenvalue weighted by Gasteiger charge is 2.34. The summed E-state index contributed by atoms with van der Waals surface area (Å²) in [6, 6.07) is 8.79. The predicted octanol–water partition coefficient (Wildman–Crippen LogP) is 2.38. The van der Waals surface area contributed by atoms with Crippen molar-refractivity contribution in [2.45, 2.75) is 0 Å². The number of thiocarbonyl (C=S) groups is 1. The minimum atomic E-state index is -1.17. The molecule has 0 unspecified atom stereocenters. The number of hydrogen-bond acceptors (Lipinski definition) is 8. The number of hydrogen-bond donors (Lipinski definition) is 2. The quantitative estimate of drug-likeness (QED) is 0.163. The van der Waals surface area contributed by atoms with Crippen LogP contribution in [0, 0.1) is 3.57 Å². The molecule has 0 saturated carbocycles. The third-order valence-corrected chi connectivity index (χ3v) is 5.66. The summed E-state index contributed by atoms with van der Waals surface area (Å²) in [5, 5.41) is 11.5. The van der Waals surface area contributed by atoms with Crippen molar-refractivity contribution in [1.82, 2.24) is 5.32 Å². The van der Waals surface area contributed by atoms with E-state index in [0.717, 1.165) is 4.90 Å². The Morgan fingerprint density at radius 2 is 1.94 bits per heavy atom. The number of carboxylic acid groups (broad SMARTS) is 1. The zero-order valence-corrected chi connectivity index (χ0v) is 20.8. The van der Waals surface area contributed by atoms with E-state index in [-0.39, 0.29) is 34.3 Å². The molecule has 0 atom stereocenters. The number of benzene rings is 2. The number of amides is 2. The second-order valence-corrected chi connectivity index (χ2v) is 8.26. The molecule has 0 spiro atoms. The normalized spacial score (nSPS) is 14.6. The Morgan fingerprint density at radius 1 is 1.21 bits per heavy atom. The van der Waals surface area contributed by atoms with Crippen LogP contribution in [0.5, 0.6) is 11.5 Å². The number of carbonyl (C=O) groups is 4. The molecule has 1 aliphatic heterocycles. The first-order chi connectivity index (χ1) is 16.2. The highest BCUT2D eigenvalue weighted by Crippen LogP contribution is 2.35. The van der Waals surface area contributed by atoms with Crippen molar-refractivity contribution in [3.63, 3.8) is 0 Å². The molecule has 3 rings (SSSR count). The number of rotatable bonds is 7. The lowest BCUT2D eigenvalue weighted by Crippen LogP contribution is -2.54. The maximum Gasteiger partial charge on any atom is 0.343 e. The molecule has 2 N–H and O–H groups in total. The summed E-state index contributed by atoms with van der Waals surface area (Å²) in [6.07, 6.45) is 1.35. The van der Waals surface area contributed by atoms with Crippen LogP contribution in [0.2, 0.25) is 0 Å². The first-order valence-corrected chi connectivity index (χ1v) is 11.0. The summed E-state index contributed by atoms with van der Waals surface area (Å²) in [5.41, 5.74) is 0.365. The van der Waals surface area contributed by atoms with Gasteiger partial charge in [-0.3, -0.25) is 19.8 Å². The maximum absolute atomic E-state index is 13.2. The van der Waals surface area contributed by atoms with Gasteiger partial charge in [-0.05, 0) is 76.8 Å². The summed E-state index contributed by atoms with van der Waals surface area (Å²) in [4.78, 5) is 49.5. The Morgan fingerprint density at radius 3 is 2.59 bits per heavy atom. The van der Waals surface area contributed by atoms with Crippen molar-refractivity contribution < 1.29 is 38.5 Å². The summed E-state index contributed by atoms with van der Waals surface area (Å²) in [5.74, 6) is -2.61. The van der Waals surface area contributed by atoms with Crippen LogP contribution in [0.25, 0.3) is 6.08 Å². The van der Waals surface area contributed by atoms with E-state index in [4.69, 9.17) is 21.7 Å². The first-order valence-electron chi connectivity index (χ1n) is 9.48. The lowest BCUT2D eigenvalue weighted by atomic mass is 10.1. The molecule has 0 aromatic heterocycles. The fourth-order valence-corrected chi connectivity index (χ4v) is 4.05. The number of esters is 1. The Bertz CT molecular complexity index is 1240. The monoisotopic (exact) mass is 596 g/mol. The summed E-state index contributed by atoms with van der Waals surface area (Å²) in [7, 11) is 2.64. The van der Waals surface area contributed by atoms with Crippen LogP contribution in [0.3, 0.4) is 0 Å². The second-order valence-electron chi connectivity index (χ2n) is 6.71. The first kappa shape index (κ1) is 25.1. The van der Waals surface area contributed by atoms with Gasteiger partial charge in [-0.1, -0.05) is 6.07 Å². The van der Waals surface area contributed by atoms with E-state index < -0.39 is 23.8 Å². The van der Waals surface area contributed by atoms with E-state index in [0.29, 0.717) is 14.9 Å². The zero-order valence-electron chi connectivity index (χ0n) is 17.8. The van der Waals surface area contributed by atoms with E-state index in [1.807, 2.05) is 22.6 Å². The smallest absolute Gasteiger partial charge is 0.343 e. The largest absolute Gasteiger partial charge is 0.493 e. The average Bonchev–Trinajstić information content (AvgIpc) is 2.80. The van der Waals surface area contributed by atoms with Gasteiger partial charge >= 0.3 is 11.9 Å². The number of halogens is 1. The maximum atomic E-state index is 13.2. The highest BCUT2D eigenvalue weighted by atomic mass is 127. The van der Waals surface area contributed by atoms with Gasteiger partial charge in [0, 0.05) is 0 Å². The molecule has 2 aromatic carbocycles. The molecule has 0 radical (unpaired) electrons. The minimum Gasteiger partial charge on any atom is -0.493 e. The molecule has 34 heavy (non-hydrogen) atoms. The summed E-state index contributed by atoms with van der Waals surface area (Å²) >= 11 is 7.12. The van der Waals surface area contributed by atoms with Gasteiger partial charge in [-0.2, -0.15) is 0 Å². The fourth-order valence-electron chi connectivity index (χ4n) is 2.99. The van der Waals surface area contributed by atoms with Crippen LogP contribution in [0.15, 0.2) is 42.0 Å². The SMILES string of the molecule is COC(=O)COc1c(I)cc(C=C2C(=O)NC(=S)N(c3cccc(C(=O)O)c3)C2=O)cc1OC. The number of methoxy groups -OCH3 is 2. The van der Waals surface area contributed by atoms with Gasteiger partial charge in [-0.15, -0.1) is 0 Å². The number of ether oxygens (including phenoxy) is 3. The van der Waals surface area contributed by atoms with E-state index in [2.05, 4.69) is 10.1 Å². The molecule has 1 saturated heterocycles. The predicted molar refractivity (Wildman–Crippen MR) is 133 cm³/mol. The molecule has 2 aromatic rings. The number of carboxylic acids is 1. The van der Waals surface area contributed by atoms with Crippen molar-refractivity contribution in [2.24, 2.45) is 0 Å². The third-order valence-electron chi connectivity index (χ3n) is 4.58. The summed E-state index contributed by atoms with van der Waals surface area (Å²) < 4.78 is 15.9. The minimum absolute atomic E-state index is 0.0441. The highest BCUT2D eigenvalue weighted by molar-refractivity contribution is 14.1. The van der Waals surface area contributed by atoms with Crippen molar-refractivity contribution >= 4 is 75.4 Å². The van der Waals surface area contributed by atoms with Crippen molar-refractivity contribution in [3.8, 4) is 11.5 Å². The Hall–Kier alpha value is -3.52. The molecule has 0 aliphatic carbocycles. The fraction of sp³-hybridized carbons (Fsp3) is 0.136. The summed E-state index contributed by atoms with van der Waals surface area (Å²) in [6.45, 7) is -0.327. The molecule has 2 amide bonds. The lowest BCUT2D eigenvalue weighted by Gasteiger charge is -2.29. The molecule has 176 valence electrons. The van der Waals surface area contributed by atoms with Gasteiger partial charge in [0.15, 0.2) is 23.2 Å². The second kappa shape index (κ2) is 10.6. The molecule has 12 heteroatoms. The average molecular weight is 596 g/mol. The third kappa shape index (κ3) is 5.34. The van der Waals surface area contributed by atoms with Crippen molar-refractivity contribution in [2.75, 3.05) is 25.7 Å². The molecule has 10 nitrogen and oxygen atoms in total. The van der Waals surface area contributed by atoms with Crippen LogP contribution < -0.4 is 19.7 Å². The standard InChI is InChI=1S/C22H17IN2O8S/c1-31-16-8-11(7-15(23)18(16)33-10-17(26)32-2)6-14-19(27)24-22(34)25(20(14)28)13-5-3-4-12(9-13)21(29)30/h3-9H,10H2,1-2H3,(H,29,30)(H,24,27,34). The van der Waals surface area contributed by atoms with Crippen LogP contribution in [-0.2, 0) is 19.1 Å². The van der Waals surface area contributed by atoms with Crippen LogP contribution in [0.4, 0.5) is 5.69 Å². The zero-order chi connectivity index (χ0) is 25.0. The van der Waals surface area contributed by atoms with Crippen LogP contribution in [-0.4, -0.2) is 54.8 Å². The molecular weight excluding hydrogens is 579 g/mol. The van der Waals surface area contributed by atoms with Gasteiger partial charge in [0.2, 0.25) is 0 Å². The molecular formula is C22H17IN2O8S. The molecule has 1 fully saturated rings. The van der Waals surface area contributed by atoms with Gasteiger partial charge < -0.3 is 19.3 Å². The van der Waals surface area contributed by atoms with Crippen LogP contribution in [0.1, 0.15) is 15.9 Å². The Balaban J connectivity index is 1.99. The van der Waals surface area contributed by atoms with Crippen LogP contribution >= 0.6 is 34.8 Å². The number of aromatic carboxylic acids is 1.